The predicted octanol–water partition coefficient (Wildman–Crippen LogP) is 1.39. The van der Waals surface area contributed by atoms with E-state index in [0.717, 1.165) is 0 Å². The number of hydrogen-bond donors (Lipinski definition) is 0. The summed E-state index contributed by atoms with van der Waals surface area (Å²) < 4.78 is 4.63. The molecular formula is C3H4BrClN2O. The molecule has 0 aliphatic rings. The number of halogens is 2. The van der Waals surface area contributed by atoms with Gasteiger partial charge in [0, 0.05) is 0 Å². The van der Waals surface area contributed by atoms with Crippen LogP contribution in [0.2, 0.25) is 0 Å². The quantitative estimate of drug-likeness (QED) is 0.642. The van der Waals surface area contributed by atoms with Crippen molar-refractivity contribution in [3.63, 3.8) is 0 Å². The Morgan fingerprint density at radius 1 is 1.75 bits per heavy atom. The molecule has 0 unspecified atom stereocenters. The Labute approximate surface area is 61.8 Å². The Bertz CT molecular complexity index is 132. The molecule has 1 rings (SSSR count). The molecule has 0 saturated carbocycles. The lowest BCUT2D eigenvalue weighted by Gasteiger charge is -1.73. The lowest BCUT2D eigenvalue weighted by molar-refractivity contribution is 0.513. The van der Waals surface area contributed by atoms with Crippen molar-refractivity contribution in [1.29, 1.82) is 0 Å². The summed E-state index contributed by atoms with van der Waals surface area (Å²) in [5.74, 6) is 0.752. The van der Waals surface area contributed by atoms with Crippen LogP contribution >= 0.6 is 28.6 Å². The standard InChI is InChI=1S/C3H3ClN2O.BrH/c4-1-3-6-5-2-7-3;/h2H,1H2;1H. The van der Waals surface area contributed by atoms with E-state index in [4.69, 9.17) is 11.6 Å². The molecule has 0 saturated heterocycles. The van der Waals surface area contributed by atoms with Crippen LogP contribution in [-0.4, -0.2) is 10.2 Å². The van der Waals surface area contributed by atoms with Crippen LogP contribution in [0.15, 0.2) is 10.8 Å². The molecule has 0 aliphatic heterocycles. The normalized spacial score (nSPS) is 8.12. The van der Waals surface area contributed by atoms with E-state index in [1.165, 1.54) is 6.39 Å². The molecule has 0 radical (unpaired) electrons. The summed E-state index contributed by atoms with van der Waals surface area (Å²) in [7, 11) is 0. The first kappa shape index (κ1) is 7.91. The number of nitrogens with zero attached hydrogens (tertiary/aromatic N) is 2. The Hall–Kier alpha value is -0.0900. The zero-order valence-electron chi connectivity index (χ0n) is 3.87. The first-order valence-electron chi connectivity index (χ1n) is 1.74. The minimum atomic E-state index is 0. The Morgan fingerprint density at radius 2 is 2.50 bits per heavy atom. The molecule has 8 heavy (non-hydrogen) atoms. The molecule has 1 heterocycles. The zero-order chi connectivity index (χ0) is 5.11. The van der Waals surface area contributed by atoms with Crippen LogP contribution in [-0.2, 0) is 5.88 Å². The maximum Gasteiger partial charge on any atom is 0.230 e. The molecule has 0 aromatic carbocycles. The van der Waals surface area contributed by atoms with Crippen molar-refractivity contribution in [2.45, 2.75) is 5.88 Å². The molecule has 5 heteroatoms. The molecule has 46 valence electrons. The van der Waals surface area contributed by atoms with E-state index in [9.17, 15) is 0 Å². The smallest absolute Gasteiger partial charge is 0.230 e. The average molecular weight is 199 g/mol. The van der Waals surface area contributed by atoms with Gasteiger partial charge in [0.25, 0.3) is 0 Å². The molecule has 3 nitrogen and oxygen atoms in total. The summed E-state index contributed by atoms with van der Waals surface area (Å²) in [6, 6.07) is 0. The third kappa shape index (κ3) is 1.79. The molecule has 0 atom stereocenters. The molecular weight excluding hydrogens is 195 g/mol. The van der Waals surface area contributed by atoms with Crippen LogP contribution in [0.5, 0.6) is 0 Å². The van der Waals surface area contributed by atoms with Crippen molar-refractivity contribution in [2.75, 3.05) is 0 Å². The minimum Gasteiger partial charge on any atom is -0.427 e. The lowest BCUT2D eigenvalue weighted by atomic mass is 10.8. The van der Waals surface area contributed by atoms with E-state index in [1.54, 1.807) is 0 Å². The van der Waals surface area contributed by atoms with Crippen LogP contribution in [0.1, 0.15) is 5.89 Å². The van der Waals surface area contributed by atoms with E-state index in [-0.39, 0.29) is 17.0 Å². The van der Waals surface area contributed by atoms with Gasteiger partial charge in [-0.15, -0.1) is 38.8 Å². The van der Waals surface area contributed by atoms with Gasteiger partial charge in [0.15, 0.2) is 0 Å². The Balaban J connectivity index is 0.000000490. The van der Waals surface area contributed by atoms with Crippen molar-refractivity contribution < 1.29 is 4.42 Å². The van der Waals surface area contributed by atoms with Gasteiger partial charge >= 0.3 is 0 Å². The van der Waals surface area contributed by atoms with Gasteiger partial charge in [0.1, 0.15) is 5.88 Å². The second-order valence-electron chi connectivity index (χ2n) is 0.966. The molecule has 0 spiro atoms. The summed E-state index contributed by atoms with van der Waals surface area (Å²) in [6.45, 7) is 0. The largest absolute Gasteiger partial charge is 0.427 e. The molecule has 1 aromatic heterocycles. The highest BCUT2D eigenvalue weighted by molar-refractivity contribution is 8.93. The lowest BCUT2D eigenvalue weighted by Crippen LogP contribution is -1.73. The summed E-state index contributed by atoms with van der Waals surface area (Å²) in [5, 5.41) is 6.88. The van der Waals surface area contributed by atoms with E-state index < -0.39 is 0 Å². The number of aromatic nitrogens is 2. The van der Waals surface area contributed by atoms with Crippen LogP contribution in [0.25, 0.3) is 0 Å². The van der Waals surface area contributed by atoms with E-state index in [2.05, 4.69) is 14.6 Å². The highest BCUT2D eigenvalue weighted by Crippen LogP contribution is 1.94. The third-order valence-corrected chi connectivity index (χ3v) is 0.748. The van der Waals surface area contributed by atoms with Crippen LogP contribution in [0.4, 0.5) is 0 Å². The fourth-order valence-corrected chi connectivity index (χ4v) is 0.371. The monoisotopic (exact) mass is 198 g/mol. The van der Waals surface area contributed by atoms with Gasteiger partial charge in [-0.3, -0.25) is 0 Å². The molecule has 0 bridgehead atoms. The van der Waals surface area contributed by atoms with Crippen molar-refractivity contribution >= 4 is 28.6 Å². The highest BCUT2D eigenvalue weighted by Gasteiger charge is 1.89. The van der Waals surface area contributed by atoms with Crippen LogP contribution < -0.4 is 0 Å². The van der Waals surface area contributed by atoms with Gasteiger partial charge in [-0.05, 0) is 0 Å². The first-order valence-corrected chi connectivity index (χ1v) is 2.28. The van der Waals surface area contributed by atoms with E-state index >= 15 is 0 Å². The average Bonchev–Trinajstić information content (AvgIpc) is 2.14. The first-order chi connectivity index (χ1) is 3.43. The fourth-order valence-electron chi connectivity index (χ4n) is 0.254. The summed E-state index contributed by atoms with van der Waals surface area (Å²) in [5.41, 5.74) is 0. The van der Waals surface area contributed by atoms with Gasteiger partial charge < -0.3 is 4.42 Å². The summed E-state index contributed by atoms with van der Waals surface area (Å²) >= 11 is 5.27. The fraction of sp³-hybridized carbons (Fsp3) is 0.333. The summed E-state index contributed by atoms with van der Waals surface area (Å²) in [6.07, 6.45) is 1.25. The maximum atomic E-state index is 5.27. The number of hydrogen-bond acceptors (Lipinski definition) is 3. The van der Waals surface area contributed by atoms with Gasteiger partial charge in [-0.2, -0.15) is 0 Å². The number of alkyl halides is 1. The SMILES string of the molecule is Br.ClCc1nnco1. The van der Waals surface area contributed by atoms with E-state index in [0.29, 0.717) is 11.8 Å². The topological polar surface area (TPSA) is 38.9 Å². The Kier molecular flexibility index (Phi) is 3.81. The highest BCUT2D eigenvalue weighted by atomic mass is 79.9. The number of rotatable bonds is 1. The minimum absolute atomic E-state index is 0. The third-order valence-electron chi connectivity index (χ3n) is 0.519. The Morgan fingerprint density at radius 3 is 2.75 bits per heavy atom. The molecule has 0 fully saturated rings. The van der Waals surface area contributed by atoms with E-state index in [1.807, 2.05) is 0 Å². The van der Waals surface area contributed by atoms with Crippen LogP contribution in [0, 0.1) is 0 Å². The van der Waals surface area contributed by atoms with Crippen molar-refractivity contribution in [1.82, 2.24) is 10.2 Å². The van der Waals surface area contributed by atoms with Crippen LogP contribution in [0.3, 0.4) is 0 Å². The van der Waals surface area contributed by atoms with Gasteiger partial charge in [0.05, 0.1) is 0 Å². The van der Waals surface area contributed by atoms with Gasteiger partial charge in [0.2, 0.25) is 12.3 Å². The summed E-state index contributed by atoms with van der Waals surface area (Å²) in [4.78, 5) is 0. The molecule has 1 aromatic rings. The van der Waals surface area contributed by atoms with Gasteiger partial charge in [-0.1, -0.05) is 0 Å². The van der Waals surface area contributed by atoms with Crippen molar-refractivity contribution in [3.8, 4) is 0 Å². The van der Waals surface area contributed by atoms with Crippen molar-refractivity contribution in [3.05, 3.63) is 12.3 Å². The molecule has 0 amide bonds. The second-order valence-corrected chi connectivity index (χ2v) is 1.23. The maximum absolute atomic E-state index is 5.27. The second kappa shape index (κ2) is 3.86. The molecule has 0 aliphatic carbocycles. The zero-order valence-corrected chi connectivity index (χ0v) is 6.34. The predicted molar refractivity (Wildman–Crippen MR) is 34.2 cm³/mol. The molecule has 0 N–H and O–H groups in total. The van der Waals surface area contributed by atoms with Gasteiger partial charge in [-0.25, -0.2) is 0 Å². The van der Waals surface area contributed by atoms with Crippen molar-refractivity contribution in [2.24, 2.45) is 0 Å².